The van der Waals surface area contributed by atoms with Crippen molar-refractivity contribution < 1.29 is 23.8 Å². The number of H-pyrrole nitrogens is 1. The monoisotopic (exact) mass is 532 g/mol. The first-order valence-electron chi connectivity index (χ1n) is 14.7. The zero-order valence-electron chi connectivity index (χ0n) is 23.8. The van der Waals surface area contributed by atoms with Gasteiger partial charge in [0.25, 0.3) is 0 Å². The molecule has 3 rings (SSSR count). The van der Waals surface area contributed by atoms with Gasteiger partial charge >= 0.3 is 5.97 Å². The molecule has 5 unspecified atom stereocenters. The Bertz CT molecular complexity index is 866. The molecule has 2 aliphatic rings. The zero-order valence-corrected chi connectivity index (χ0v) is 23.8. The lowest BCUT2D eigenvalue weighted by atomic mass is 9.81. The minimum absolute atomic E-state index is 0.00451. The lowest BCUT2D eigenvalue weighted by molar-refractivity contribution is -0.193. The van der Waals surface area contributed by atoms with Crippen LogP contribution in [0, 0.1) is 17.3 Å². The summed E-state index contributed by atoms with van der Waals surface area (Å²) < 4.78 is 18.2. The van der Waals surface area contributed by atoms with E-state index < -0.39 is 5.41 Å². The number of allylic oxidation sites excluding steroid dienone is 1. The molecule has 9 heteroatoms. The maximum Gasteiger partial charge on any atom is 0.302 e. The van der Waals surface area contributed by atoms with Gasteiger partial charge in [0, 0.05) is 43.6 Å². The van der Waals surface area contributed by atoms with Gasteiger partial charge in [-0.3, -0.25) is 9.59 Å². The summed E-state index contributed by atoms with van der Waals surface area (Å²) in [5.41, 5.74) is -0.391. The highest BCUT2D eigenvalue weighted by atomic mass is 16.7. The smallest absolute Gasteiger partial charge is 0.302 e. The Hall–Kier alpha value is -2.13. The van der Waals surface area contributed by atoms with Crippen LogP contribution in [0.5, 0.6) is 0 Å². The summed E-state index contributed by atoms with van der Waals surface area (Å²) in [6.45, 7) is 8.39. The molecular weight excluding hydrogens is 484 g/mol. The van der Waals surface area contributed by atoms with Crippen LogP contribution in [0.1, 0.15) is 111 Å². The van der Waals surface area contributed by atoms with E-state index in [1.807, 2.05) is 19.9 Å². The molecule has 1 aliphatic heterocycles. The molecular formula is C29H48N4O5. The van der Waals surface area contributed by atoms with Gasteiger partial charge in [0.05, 0.1) is 6.10 Å². The maximum atomic E-state index is 13.2. The number of carbonyl (C=O) groups excluding carboxylic acids is 2. The number of rotatable bonds is 16. The molecule has 0 aromatic carbocycles. The van der Waals surface area contributed by atoms with Crippen LogP contribution < -0.4 is 0 Å². The van der Waals surface area contributed by atoms with Gasteiger partial charge in [-0.1, -0.05) is 64.2 Å². The van der Waals surface area contributed by atoms with Crippen LogP contribution in [0.25, 0.3) is 0 Å². The molecule has 1 N–H and O–H groups in total. The quantitative estimate of drug-likeness (QED) is 0.168. The summed E-state index contributed by atoms with van der Waals surface area (Å²) in [5.74, 6) is 0.726. The first-order chi connectivity index (χ1) is 18.3. The number of nitrogens with zero attached hydrogens (tertiary/aromatic N) is 3. The van der Waals surface area contributed by atoms with E-state index in [9.17, 15) is 9.59 Å². The van der Waals surface area contributed by atoms with Crippen LogP contribution in [0.2, 0.25) is 0 Å². The fourth-order valence-electron chi connectivity index (χ4n) is 5.71. The van der Waals surface area contributed by atoms with Crippen LogP contribution in [-0.4, -0.2) is 57.5 Å². The standard InChI is InChI=1S/C29H48N4O5/c1-5-6-18-29(3,4)26(35)17-16-23-22(13-9-7-8-10-14-27-30-32-33-31-27)24(37-21(2)34)20-25(23)38-28-15-11-12-19-36-28/h16-17,22-25,28H,5-15,18-20H2,1-4H3,(H,30,31,32,33). The second kappa shape index (κ2) is 15.5. The van der Waals surface area contributed by atoms with Gasteiger partial charge in [0.2, 0.25) is 0 Å². The topological polar surface area (TPSA) is 116 Å². The normalized spacial score (nSPS) is 26.2. The first kappa shape index (κ1) is 30.4. The SMILES string of the molecule is CCCCC(C)(C)C(=O)C=CC1C(OC2CCCCO2)CC(OC(C)=O)C1CCCCCCc1nn[nH]n1. The fraction of sp³-hybridized carbons (Fsp3) is 0.828. The minimum atomic E-state index is -0.391. The Morgan fingerprint density at radius 2 is 1.95 bits per heavy atom. The van der Waals surface area contributed by atoms with Crippen molar-refractivity contribution in [2.45, 2.75) is 130 Å². The van der Waals surface area contributed by atoms with E-state index in [1.54, 1.807) is 6.08 Å². The highest BCUT2D eigenvalue weighted by Gasteiger charge is 2.45. The number of ether oxygens (including phenoxy) is 3. The van der Waals surface area contributed by atoms with Crippen LogP contribution in [0.4, 0.5) is 0 Å². The highest BCUT2D eigenvalue weighted by molar-refractivity contribution is 5.94. The molecule has 38 heavy (non-hydrogen) atoms. The van der Waals surface area contributed by atoms with Crippen molar-refractivity contribution in [2.75, 3.05) is 6.61 Å². The minimum Gasteiger partial charge on any atom is -0.462 e. The van der Waals surface area contributed by atoms with Crippen LogP contribution in [0.15, 0.2) is 12.2 Å². The summed E-state index contributed by atoms with van der Waals surface area (Å²) in [6.07, 6.45) is 15.7. The summed E-state index contributed by atoms with van der Waals surface area (Å²) in [4.78, 5) is 25.2. The fourth-order valence-corrected chi connectivity index (χ4v) is 5.71. The van der Waals surface area contributed by atoms with Crippen molar-refractivity contribution in [3.8, 4) is 0 Å². The number of esters is 1. The number of hydrogen-bond acceptors (Lipinski definition) is 8. The predicted octanol–water partition coefficient (Wildman–Crippen LogP) is 5.51. The van der Waals surface area contributed by atoms with Gasteiger partial charge in [0.1, 0.15) is 6.10 Å². The van der Waals surface area contributed by atoms with Crippen molar-refractivity contribution in [2.24, 2.45) is 17.3 Å². The van der Waals surface area contributed by atoms with Crippen molar-refractivity contribution in [1.29, 1.82) is 0 Å². The molecule has 1 aliphatic carbocycles. The number of unbranched alkanes of at least 4 members (excludes halogenated alkanes) is 4. The average molecular weight is 533 g/mol. The zero-order chi connectivity index (χ0) is 27.4. The molecule has 0 radical (unpaired) electrons. The predicted molar refractivity (Wildman–Crippen MR) is 144 cm³/mol. The van der Waals surface area contributed by atoms with E-state index in [4.69, 9.17) is 14.2 Å². The molecule has 0 amide bonds. The van der Waals surface area contributed by atoms with Gasteiger partial charge in [0.15, 0.2) is 17.9 Å². The summed E-state index contributed by atoms with van der Waals surface area (Å²) >= 11 is 0. The van der Waals surface area contributed by atoms with E-state index in [0.717, 1.165) is 82.9 Å². The van der Waals surface area contributed by atoms with E-state index in [-0.39, 0.29) is 42.1 Å². The van der Waals surface area contributed by atoms with Gasteiger partial charge in [-0.05, 0) is 44.6 Å². The summed E-state index contributed by atoms with van der Waals surface area (Å²) in [7, 11) is 0. The van der Waals surface area contributed by atoms with Crippen molar-refractivity contribution >= 4 is 11.8 Å². The van der Waals surface area contributed by atoms with Crippen LogP contribution >= 0.6 is 0 Å². The third-order valence-corrected chi connectivity index (χ3v) is 8.02. The Labute approximate surface area is 227 Å². The number of tetrazole rings is 1. The molecule has 0 bridgehead atoms. The lowest BCUT2D eigenvalue weighted by Crippen LogP contribution is -2.31. The lowest BCUT2D eigenvalue weighted by Gasteiger charge is -2.29. The van der Waals surface area contributed by atoms with E-state index in [0.29, 0.717) is 13.0 Å². The Kier molecular flexibility index (Phi) is 12.4. The second-order valence-corrected chi connectivity index (χ2v) is 11.6. The number of nitrogens with one attached hydrogen (secondary N) is 1. The molecule has 214 valence electrons. The van der Waals surface area contributed by atoms with Crippen LogP contribution in [-0.2, 0) is 30.2 Å². The average Bonchev–Trinajstić information content (AvgIpc) is 3.51. The Balaban J connectivity index is 1.67. The number of hydrogen-bond donors (Lipinski definition) is 1. The van der Waals surface area contributed by atoms with Crippen LogP contribution in [0.3, 0.4) is 0 Å². The number of aromatic nitrogens is 4. The Morgan fingerprint density at radius 1 is 1.13 bits per heavy atom. The molecule has 1 saturated heterocycles. The number of ketones is 1. The number of aryl methyl sites for hydroxylation is 1. The maximum absolute atomic E-state index is 13.2. The molecule has 2 heterocycles. The van der Waals surface area contributed by atoms with E-state index >= 15 is 0 Å². The molecule has 5 atom stereocenters. The highest BCUT2D eigenvalue weighted by Crippen LogP contribution is 2.42. The molecule has 0 spiro atoms. The third-order valence-electron chi connectivity index (χ3n) is 8.02. The van der Waals surface area contributed by atoms with Gasteiger partial charge in [-0.25, -0.2) is 0 Å². The molecule has 2 fully saturated rings. The second-order valence-electron chi connectivity index (χ2n) is 11.6. The van der Waals surface area contributed by atoms with Crippen molar-refractivity contribution in [3.05, 3.63) is 18.0 Å². The number of carbonyl (C=O) groups is 2. The molecule has 1 saturated carbocycles. The third kappa shape index (κ3) is 9.56. The summed E-state index contributed by atoms with van der Waals surface area (Å²) in [6, 6.07) is 0. The molecule has 9 nitrogen and oxygen atoms in total. The Morgan fingerprint density at radius 3 is 2.63 bits per heavy atom. The summed E-state index contributed by atoms with van der Waals surface area (Å²) in [5, 5.41) is 14.1. The van der Waals surface area contributed by atoms with Gasteiger partial charge < -0.3 is 14.2 Å². The number of aromatic amines is 1. The van der Waals surface area contributed by atoms with E-state index in [2.05, 4.69) is 27.5 Å². The van der Waals surface area contributed by atoms with Gasteiger partial charge in [-0.2, -0.15) is 5.21 Å². The van der Waals surface area contributed by atoms with Crippen molar-refractivity contribution in [3.63, 3.8) is 0 Å². The largest absolute Gasteiger partial charge is 0.462 e. The molecule has 1 aromatic rings. The molecule has 1 aromatic heterocycles. The first-order valence-corrected chi connectivity index (χ1v) is 14.7. The van der Waals surface area contributed by atoms with Crippen molar-refractivity contribution in [1.82, 2.24) is 20.6 Å². The van der Waals surface area contributed by atoms with Gasteiger partial charge in [-0.15, -0.1) is 10.2 Å². The van der Waals surface area contributed by atoms with E-state index in [1.165, 1.54) is 6.92 Å².